The summed E-state index contributed by atoms with van der Waals surface area (Å²) in [6.45, 7) is 2.70. The van der Waals surface area contributed by atoms with Crippen LogP contribution >= 0.6 is 0 Å². The average Bonchev–Trinajstić information content (AvgIpc) is 3.19. The molecule has 2 rings (SSSR count). The van der Waals surface area contributed by atoms with E-state index in [4.69, 9.17) is 4.74 Å². The summed E-state index contributed by atoms with van der Waals surface area (Å²) in [5.74, 6) is 0.659. The zero-order chi connectivity index (χ0) is 13.7. The molecule has 0 aromatic heterocycles. The first-order valence-electron chi connectivity index (χ1n) is 6.94. The molecule has 1 aliphatic carbocycles. The highest BCUT2D eigenvalue weighted by Crippen LogP contribution is 2.33. The largest absolute Gasteiger partial charge is 0.488 e. The maximum absolute atomic E-state index is 13.3. The van der Waals surface area contributed by atoms with Crippen LogP contribution in [-0.4, -0.2) is 30.4 Å². The van der Waals surface area contributed by atoms with Crippen LogP contribution in [0.2, 0.25) is 0 Å². The second-order valence-electron chi connectivity index (χ2n) is 5.38. The lowest BCUT2D eigenvalue weighted by Crippen LogP contribution is -2.36. The van der Waals surface area contributed by atoms with Crippen LogP contribution in [0.25, 0.3) is 0 Å². The van der Waals surface area contributed by atoms with Gasteiger partial charge in [-0.3, -0.25) is 0 Å². The molecule has 0 radical (unpaired) electrons. The summed E-state index contributed by atoms with van der Waals surface area (Å²) in [4.78, 5) is 0. The van der Waals surface area contributed by atoms with Crippen molar-refractivity contribution in [2.24, 2.45) is 5.92 Å². The molecule has 0 saturated heterocycles. The quantitative estimate of drug-likeness (QED) is 0.759. The van der Waals surface area contributed by atoms with Gasteiger partial charge in [0.2, 0.25) is 0 Å². The monoisotopic (exact) mass is 267 g/mol. The number of aliphatic hydroxyl groups is 1. The van der Waals surface area contributed by atoms with E-state index in [-0.39, 0.29) is 12.4 Å². The predicted molar refractivity (Wildman–Crippen MR) is 72.7 cm³/mol. The van der Waals surface area contributed by atoms with Gasteiger partial charge in [-0.05, 0) is 31.4 Å². The summed E-state index contributed by atoms with van der Waals surface area (Å²) in [5.41, 5.74) is 0. The fourth-order valence-corrected chi connectivity index (χ4v) is 2.08. The van der Waals surface area contributed by atoms with Gasteiger partial charge in [-0.2, -0.15) is 0 Å². The van der Waals surface area contributed by atoms with Gasteiger partial charge in [0.25, 0.3) is 0 Å². The molecule has 0 amide bonds. The SMILES string of the molecule is CC(CC1CC1)NCC(O)COc1ccccc1F. The van der Waals surface area contributed by atoms with Crippen molar-refractivity contribution in [1.82, 2.24) is 5.32 Å². The summed E-state index contributed by atoms with van der Waals surface area (Å²) < 4.78 is 18.5. The Labute approximate surface area is 113 Å². The van der Waals surface area contributed by atoms with E-state index in [1.807, 2.05) is 0 Å². The fraction of sp³-hybridized carbons (Fsp3) is 0.600. The van der Waals surface area contributed by atoms with Crippen LogP contribution in [0, 0.1) is 11.7 Å². The van der Waals surface area contributed by atoms with Crippen molar-refractivity contribution < 1.29 is 14.2 Å². The fourth-order valence-electron chi connectivity index (χ4n) is 2.08. The molecule has 2 atom stereocenters. The highest BCUT2D eigenvalue weighted by molar-refractivity contribution is 5.23. The number of rotatable bonds is 8. The number of benzene rings is 1. The number of hydrogen-bond donors (Lipinski definition) is 2. The molecule has 106 valence electrons. The van der Waals surface area contributed by atoms with Gasteiger partial charge in [0.05, 0.1) is 0 Å². The minimum Gasteiger partial charge on any atom is -0.488 e. The van der Waals surface area contributed by atoms with E-state index in [0.717, 1.165) is 5.92 Å². The smallest absolute Gasteiger partial charge is 0.165 e. The molecule has 1 aromatic carbocycles. The Morgan fingerprint density at radius 1 is 1.42 bits per heavy atom. The third-order valence-corrected chi connectivity index (χ3v) is 3.35. The van der Waals surface area contributed by atoms with Gasteiger partial charge < -0.3 is 15.2 Å². The molecule has 3 nitrogen and oxygen atoms in total. The first-order chi connectivity index (χ1) is 9.15. The molecule has 2 unspecified atom stereocenters. The van der Waals surface area contributed by atoms with E-state index in [1.165, 1.54) is 25.3 Å². The molecule has 0 bridgehead atoms. The van der Waals surface area contributed by atoms with Crippen molar-refractivity contribution in [3.8, 4) is 5.75 Å². The average molecular weight is 267 g/mol. The van der Waals surface area contributed by atoms with Crippen molar-refractivity contribution in [3.05, 3.63) is 30.1 Å². The van der Waals surface area contributed by atoms with Crippen LogP contribution in [0.15, 0.2) is 24.3 Å². The van der Waals surface area contributed by atoms with Crippen LogP contribution in [0.4, 0.5) is 4.39 Å². The number of aliphatic hydroxyl groups excluding tert-OH is 1. The Morgan fingerprint density at radius 3 is 2.84 bits per heavy atom. The molecule has 0 heterocycles. The van der Waals surface area contributed by atoms with Crippen molar-refractivity contribution in [1.29, 1.82) is 0 Å². The summed E-state index contributed by atoms with van der Waals surface area (Å²) in [6.07, 6.45) is 3.22. The molecule has 0 aliphatic heterocycles. The summed E-state index contributed by atoms with van der Waals surface area (Å²) in [5, 5.41) is 13.1. The first-order valence-corrected chi connectivity index (χ1v) is 6.94. The maximum atomic E-state index is 13.3. The first kappa shape index (κ1) is 14.3. The zero-order valence-electron chi connectivity index (χ0n) is 11.3. The van der Waals surface area contributed by atoms with Gasteiger partial charge in [0, 0.05) is 12.6 Å². The van der Waals surface area contributed by atoms with E-state index in [2.05, 4.69) is 12.2 Å². The Hall–Kier alpha value is -1.13. The highest BCUT2D eigenvalue weighted by atomic mass is 19.1. The molecular formula is C15H22FNO2. The molecule has 1 fully saturated rings. The lowest BCUT2D eigenvalue weighted by atomic mass is 10.1. The van der Waals surface area contributed by atoms with E-state index < -0.39 is 11.9 Å². The van der Waals surface area contributed by atoms with Gasteiger partial charge in [-0.1, -0.05) is 25.0 Å². The molecule has 1 aromatic rings. The molecule has 2 N–H and O–H groups in total. The third-order valence-electron chi connectivity index (χ3n) is 3.35. The van der Waals surface area contributed by atoms with Crippen molar-refractivity contribution in [2.75, 3.05) is 13.2 Å². The lowest BCUT2D eigenvalue weighted by molar-refractivity contribution is 0.101. The Balaban J connectivity index is 1.63. The van der Waals surface area contributed by atoms with Crippen molar-refractivity contribution in [2.45, 2.75) is 38.3 Å². The zero-order valence-corrected chi connectivity index (χ0v) is 11.3. The molecule has 4 heteroatoms. The summed E-state index contributed by atoms with van der Waals surface area (Å²) >= 11 is 0. The van der Waals surface area contributed by atoms with Gasteiger partial charge in [-0.25, -0.2) is 4.39 Å². The number of halogens is 1. The highest BCUT2D eigenvalue weighted by Gasteiger charge is 2.23. The number of para-hydroxylation sites is 1. The van der Waals surface area contributed by atoms with Gasteiger partial charge in [0.1, 0.15) is 12.7 Å². The molecule has 1 saturated carbocycles. The third kappa shape index (κ3) is 5.17. The van der Waals surface area contributed by atoms with E-state index >= 15 is 0 Å². The lowest BCUT2D eigenvalue weighted by Gasteiger charge is -2.17. The number of nitrogens with one attached hydrogen (secondary N) is 1. The van der Waals surface area contributed by atoms with E-state index in [0.29, 0.717) is 12.6 Å². The Morgan fingerprint density at radius 2 is 2.16 bits per heavy atom. The number of hydrogen-bond acceptors (Lipinski definition) is 3. The maximum Gasteiger partial charge on any atom is 0.165 e. The van der Waals surface area contributed by atoms with Crippen molar-refractivity contribution >= 4 is 0 Å². The Bertz CT molecular complexity index is 395. The number of ether oxygens (including phenoxy) is 1. The summed E-state index contributed by atoms with van der Waals surface area (Å²) in [6, 6.07) is 6.64. The van der Waals surface area contributed by atoms with Crippen LogP contribution in [0.5, 0.6) is 5.75 Å². The topological polar surface area (TPSA) is 41.5 Å². The second-order valence-corrected chi connectivity index (χ2v) is 5.38. The van der Waals surface area contributed by atoms with E-state index in [9.17, 15) is 9.50 Å². The summed E-state index contributed by atoms with van der Waals surface area (Å²) in [7, 11) is 0. The van der Waals surface area contributed by atoms with Gasteiger partial charge >= 0.3 is 0 Å². The van der Waals surface area contributed by atoms with Gasteiger partial charge in [-0.15, -0.1) is 0 Å². The standard InChI is InChI=1S/C15H22FNO2/c1-11(8-12-6-7-12)17-9-13(18)10-19-15-5-3-2-4-14(15)16/h2-5,11-13,17-18H,6-10H2,1H3. The molecule has 19 heavy (non-hydrogen) atoms. The van der Waals surface area contributed by atoms with Gasteiger partial charge in [0.15, 0.2) is 11.6 Å². The predicted octanol–water partition coefficient (Wildman–Crippen LogP) is 2.34. The van der Waals surface area contributed by atoms with Crippen LogP contribution < -0.4 is 10.1 Å². The van der Waals surface area contributed by atoms with Crippen LogP contribution in [0.3, 0.4) is 0 Å². The minimum absolute atomic E-state index is 0.101. The van der Waals surface area contributed by atoms with Crippen LogP contribution in [0.1, 0.15) is 26.2 Å². The molecular weight excluding hydrogens is 245 g/mol. The molecule has 0 spiro atoms. The van der Waals surface area contributed by atoms with Crippen molar-refractivity contribution in [3.63, 3.8) is 0 Å². The second kappa shape index (κ2) is 6.87. The minimum atomic E-state index is -0.624. The van der Waals surface area contributed by atoms with E-state index in [1.54, 1.807) is 18.2 Å². The normalized spacial score (nSPS) is 18.1. The molecule has 1 aliphatic rings. The van der Waals surface area contributed by atoms with Crippen LogP contribution in [-0.2, 0) is 0 Å². The Kier molecular flexibility index (Phi) is 5.16.